The number of carbonyl (C=O) groups is 2. The van der Waals surface area contributed by atoms with Gasteiger partial charge < -0.3 is 24.4 Å². The molecule has 1 N–H and O–H groups in total. The van der Waals surface area contributed by atoms with Crippen LogP contribution < -0.4 is 14.8 Å². The Labute approximate surface area is 186 Å². The van der Waals surface area contributed by atoms with Crippen molar-refractivity contribution in [3.8, 4) is 17.2 Å². The minimum Gasteiger partial charge on any atom is -0.484 e. The number of nitrogens with one attached hydrogen (secondary N) is 1. The quantitative estimate of drug-likeness (QED) is 0.611. The van der Waals surface area contributed by atoms with E-state index in [1.54, 1.807) is 41.3 Å². The summed E-state index contributed by atoms with van der Waals surface area (Å²) in [6.45, 7) is 2.12. The molecule has 7 nitrogen and oxygen atoms in total. The van der Waals surface area contributed by atoms with Crippen LogP contribution in [0.4, 0.5) is 5.69 Å². The maximum atomic E-state index is 12.5. The minimum absolute atomic E-state index is 0.0346. The topological polar surface area (TPSA) is 77.1 Å². The highest BCUT2D eigenvalue weighted by atomic mass is 16.5. The van der Waals surface area contributed by atoms with Crippen molar-refractivity contribution >= 4 is 17.5 Å². The van der Waals surface area contributed by atoms with E-state index in [0.29, 0.717) is 54.8 Å². The van der Waals surface area contributed by atoms with E-state index >= 15 is 0 Å². The standard InChI is InChI=1S/C25H24N2O5/c28-24(26-22-8-4-5-9-23(22)32-21-6-2-1-3-7-21)18-31-20-12-10-19(11-13-20)25(29)27-14-16-30-17-15-27/h1-13H,14-18H2,(H,26,28). The normalized spacial score (nSPS) is 13.3. The van der Waals surface area contributed by atoms with Crippen molar-refractivity contribution in [2.75, 3.05) is 38.2 Å². The van der Waals surface area contributed by atoms with Crippen LogP contribution in [-0.2, 0) is 9.53 Å². The Kier molecular flexibility index (Phi) is 6.99. The third kappa shape index (κ3) is 5.65. The summed E-state index contributed by atoms with van der Waals surface area (Å²) in [6.07, 6.45) is 0. The number of amides is 2. The summed E-state index contributed by atoms with van der Waals surface area (Å²) in [5.74, 6) is 1.37. The maximum Gasteiger partial charge on any atom is 0.262 e. The average molecular weight is 432 g/mol. The van der Waals surface area contributed by atoms with Crippen molar-refractivity contribution in [3.05, 3.63) is 84.4 Å². The molecular weight excluding hydrogens is 408 g/mol. The molecule has 7 heteroatoms. The van der Waals surface area contributed by atoms with Crippen molar-refractivity contribution in [3.63, 3.8) is 0 Å². The molecule has 0 spiro atoms. The Morgan fingerprint density at radius 2 is 1.53 bits per heavy atom. The molecule has 0 radical (unpaired) electrons. The first-order valence-electron chi connectivity index (χ1n) is 10.4. The van der Waals surface area contributed by atoms with Gasteiger partial charge in [-0.2, -0.15) is 0 Å². The summed E-state index contributed by atoms with van der Waals surface area (Å²) < 4.78 is 16.7. The van der Waals surface area contributed by atoms with E-state index in [-0.39, 0.29) is 18.4 Å². The predicted molar refractivity (Wildman–Crippen MR) is 120 cm³/mol. The largest absolute Gasteiger partial charge is 0.484 e. The van der Waals surface area contributed by atoms with E-state index < -0.39 is 0 Å². The van der Waals surface area contributed by atoms with Crippen LogP contribution in [0.5, 0.6) is 17.2 Å². The smallest absolute Gasteiger partial charge is 0.262 e. The molecule has 32 heavy (non-hydrogen) atoms. The molecule has 0 atom stereocenters. The van der Waals surface area contributed by atoms with Gasteiger partial charge >= 0.3 is 0 Å². The number of morpholine rings is 1. The van der Waals surface area contributed by atoms with Crippen molar-refractivity contribution in [1.29, 1.82) is 0 Å². The fraction of sp³-hybridized carbons (Fsp3) is 0.200. The number of nitrogens with zero attached hydrogens (tertiary/aromatic N) is 1. The molecular formula is C25H24N2O5. The van der Waals surface area contributed by atoms with Gasteiger partial charge in [0.15, 0.2) is 12.4 Å². The number of para-hydroxylation sites is 3. The number of benzene rings is 3. The first-order chi connectivity index (χ1) is 15.7. The monoisotopic (exact) mass is 432 g/mol. The zero-order valence-corrected chi connectivity index (χ0v) is 17.5. The van der Waals surface area contributed by atoms with Gasteiger partial charge in [0, 0.05) is 18.7 Å². The lowest BCUT2D eigenvalue weighted by Crippen LogP contribution is -2.40. The Morgan fingerprint density at radius 3 is 2.28 bits per heavy atom. The Hall–Kier alpha value is -3.84. The number of hydrogen-bond acceptors (Lipinski definition) is 5. The van der Waals surface area contributed by atoms with Crippen molar-refractivity contribution in [1.82, 2.24) is 4.90 Å². The van der Waals surface area contributed by atoms with Crippen LogP contribution in [0.15, 0.2) is 78.9 Å². The van der Waals surface area contributed by atoms with Crippen LogP contribution in [0.25, 0.3) is 0 Å². The molecule has 1 aliphatic rings. The third-order valence-electron chi connectivity index (χ3n) is 4.90. The molecule has 1 fully saturated rings. The first kappa shape index (κ1) is 21.4. The fourth-order valence-electron chi connectivity index (χ4n) is 3.25. The summed E-state index contributed by atoms with van der Waals surface area (Å²) >= 11 is 0. The van der Waals surface area contributed by atoms with Crippen LogP contribution in [0, 0.1) is 0 Å². The summed E-state index contributed by atoms with van der Waals surface area (Å²) in [5, 5.41) is 2.81. The molecule has 1 saturated heterocycles. The highest BCUT2D eigenvalue weighted by Gasteiger charge is 2.18. The molecule has 0 saturated carbocycles. The highest BCUT2D eigenvalue weighted by Crippen LogP contribution is 2.29. The fourth-order valence-corrected chi connectivity index (χ4v) is 3.25. The van der Waals surface area contributed by atoms with Gasteiger partial charge in [0.05, 0.1) is 18.9 Å². The zero-order chi connectivity index (χ0) is 22.2. The second-order valence-electron chi connectivity index (χ2n) is 7.18. The molecule has 1 heterocycles. The Balaban J connectivity index is 1.31. The van der Waals surface area contributed by atoms with E-state index in [0.717, 1.165) is 0 Å². The zero-order valence-electron chi connectivity index (χ0n) is 17.5. The van der Waals surface area contributed by atoms with Gasteiger partial charge in [0.2, 0.25) is 0 Å². The SMILES string of the molecule is O=C(COc1ccc(C(=O)N2CCOCC2)cc1)Nc1ccccc1Oc1ccccc1. The molecule has 0 aromatic heterocycles. The molecule has 0 unspecified atom stereocenters. The third-order valence-corrected chi connectivity index (χ3v) is 4.90. The molecule has 0 bridgehead atoms. The second kappa shape index (κ2) is 10.5. The molecule has 3 aromatic rings. The maximum absolute atomic E-state index is 12.5. The highest BCUT2D eigenvalue weighted by molar-refractivity contribution is 5.95. The summed E-state index contributed by atoms with van der Waals surface area (Å²) in [4.78, 5) is 26.7. The van der Waals surface area contributed by atoms with Gasteiger partial charge in [-0.15, -0.1) is 0 Å². The van der Waals surface area contributed by atoms with Crippen LogP contribution in [0.1, 0.15) is 10.4 Å². The van der Waals surface area contributed by atoms with E-state index in [2.05, 4.69) is 5.32 Å². The van der Waals surface area contributed by atoms with Gasteiger partial charge in [-0.1, -0.05) is 30.3 Å². The van der Waals surface area contributed by atoms with Crippen LogP contribution in [0.3, 0.4) is 0 Å². The number of anilines is 1. The molecule has 0 aliphatic carbocycles. The molecule has 2 amide bonds. The van der Waals surface area contributed by atoms with Crippen LogP contribution >= 0.6 is 0 Å². The summed E-state index contributed by atoms with van der Waals surface area (Å²) in [5.41, 5.74) is 1.13. The number of rotatable bonds is 7. The lowest BCUT2D eigenvalue weighted by Gasteiger charge is -2.26. The summed E-state index contributed by atoms with van der Waals surface area (Å²) in [6, 6.07) is 23.3. The minimum atomic E-state index is -0.317. The van der Waals surface area contributed by atoms with E-state index in [1.807, 2.05) is 42.5 Å². The van der Waals surface area contributed by atoms with Gasteiger partial charge in [-0.25, -0.2) is 0 Å². The van der Waals surface area contributed by atoms with Gasteiger partial charge in [-0.05, 0) is 48.5 Å². The number of ether oxygens (including phenoxy) is 3. The van der Waals surface area contributed by atoms with Crippen LogP contribution in [0.2, 0.25) is 0 Å². The molecule has 1 aliphatic heterocycles. The van der Waals surface area contributed by atoms with Crippen LogP contribution in [-0.4, -0.2) is 49.6 Å². The predicted octanol–water partition coefficient (Wildman–Crippen LogP) is 3.97. The van der Waals surface area contributed by atoms with E-state index in [1.165, 1.54) is 0 Å². The van der Waals surface area contributed by atoms with Crippen molar-refractivity contribution < 1.29 is 23.8 Å². The molecule has 164 valence electrons. The average Bonchev–Trinajstić information content (AvgIpc) is 2.85. The first-order valence-corrected chi connectivity index (χ1v) is 10.4. The van der Waals surface area contributed by atoms with Gasteiger partial charge in [-0.3, -0.25) is 9.59 Å². The van der Waals surface area contributed by atoms with Crippen molar-refractivity contribution in [2.45, 2.75) is 0 Å². The van der Waals surface area contributed by atoms with Gasteiger partial charge in [0.25, 0.3) is 11.8 Å². The lowest BCUT2D eigenvalue weighted by molar-refractivity contribution is -0.118. The lowest BCUT2D eigenvalue weighted by atomic mass is 10.2. The second-order valence-corrected chi connectivity index (χ2v) is 7.18. The number of carbonyl (C=O) groups excluding carboxylic acids is 2. The Bertz CT molecular complexity index is 1050. The van der Waals surface area contributed by atoms with Crippen molar-refractivity contribution in [2.24, 2.45) is 0 Å². The van der Waals surface area contributed by atoms with E-state index in [9.17, 15) is 9.59 Å². The van der Waals surface area contributed by atoms with E-state index in [4.69, 9.17) is 14.2 Å². The number of hydrogen-bond donors (Lipinski definition) is 1. The molecule has 3 aromatic carbocycles. The van der Waals surface area contributed by atoms with Gasteiger partial charge in [0.1, 0.15) is 11.5 Å². The Morgan fingerprint density at radius 1 is 0.844 bits per heavy atom. The summed E-state index contributed by atoms with van der Waals surface area (Å²) in [7, 11) is 0. The molecule has 4 rings (SSSR count).